The molecule has 0 bridgehead atoms. The van der Waals surface area contributed by atoms with E-state index in [4.69, 9.17) is 9.47 Å². The lowest BCUT2D eigenvalue weighted by atomic mass is 10.1. The number of carbonyl (C=O) groups excluding carboxylic acids is 1. The molecule has 5 nitrogen and oxygen atoms in total. The second kappa shape index (κ2) is 7.14. The average Bonchev–Trinajstić information content (AvgIpc) is 2.36. The molecule has 1 amide bonds. The van der Waals surface area contributed by atoms with E-state index in [9.17, 15) is 9.90 Å². The van der Waals surface area contributed by atoms with Gasteiger partial charge in [-0.2, -0.15) is 0 Å². The molecule has 0 saturated heterocycles. The molecule has 0 atom stereocenters. The van der Waals surface area contributed by atoms with Crippen LogP contribution in [0, 0.1) is 0 Å². The van der Waals surface area contributed by atoms with Crippen LogP contribution in [0.25, 0.3) is 0 Å². The first-order chi connectivity index (χ1) is 9.38. The summed E-state index contributed by atoms with van der Waals surface area (Å²) in [6.45, 7) is 7.87. The third-order valence-electron chi connectivity index (χ3n) is 2.89. The Morgan fingerprint density at radius 3 is 2.35 bits per heavy atom. The van der Waals surface area contributed by atoms with Crippen LogP contribution in [0.5, 0.6) is 11.5 Å². The smallest absolute Gasteiger partial charge is 0.258 e. The summed E-state index contributed by atoms with van der Waals surface area (Å²) in [7, 11) is 1.52. The van der Waals surface area contributed by atoms with Gasteiger partial charge in [-0.3, -0.25) is 4.79 Å². The van der Waals surface area contributed by atoms with Crippen molar-refractivity contribution in [1.29, 1.82) is 0 Å². The van der Waals surface area contributed by atoms with Crippen molar-refractivity contribution in [2.24, 2.45) is 0 Å². The Bertz CT molecular complexity index is 449. The number of methoxy groups -OCH3 is 1. The highest BCUT2D eigenvalue weighted by atomic mass is 16.7. The van der Waals surface area contributed by atoms with Crippen LogP contribution in [0.4, 0.5) is 0 Å². The molecule has 0 heterocycles. The van der Waals surface area contributed by atoms with Gasteiger partial charge >= 0.3 is 0 Å². The number of hydrogen-bond donors (Lipinski definition) is 1. The van der Waals surface area contributed by atoms with E-state index in [1.165, 1.54) is 19.2 Å². The predicted molar refractivity (Wildman–Crippen MR) is 77.1 cm³/mol. The number of nitrogens with zero attached hydrogens (tertiary/aromatic N) is 1. The maximum atomic E-state index is 12.6. The normalized spacial score (nSPS) is 10.9. The van der Waals surface area contributed by atoms with Crippen LogP contribution in [0.1, 0.15) is 38.1 Å². The van der Waals surface area contributed by atoms with Crippen LogP contribution in [-0.4, -0.2) is 41.9 Å². The molecule has 0 saturated carbocycles. The van der Waals surface area contributed by atoms with Crippen LogP contribution < -0.4 is 4.74 Å². The van der Waals surface area contributed by atoms with Crippen molar-refractivity contribution < 1.29 is 19.4 Å². The van der Waals surface area contributed by atoms with Gasteiger partial charge in [0.15, 0.2) is 6.79 Å². The summed E-state index contributed by atoms with van der Waals surface area (Å²) in [6.07, 6.45) is 0. The van der Waals surface area contributed by atoms with Crippen molar-refractivity contribution in [3.8, 4) is 11.5 Å². The van der Waals surface area contributed by atoms with Gasteiger partial charge in [0.05, 0.1) is 5.56 Å². The third kappa shape index (κ3) is 3.87. The fraction of sp³-hybridized carbons (Fsp3) is 0.533. The lowest BCUT2D eigenvalue weighted by molar-refractivity contribution is 0.0505. The highest BCUT2D eigenvalue weighted by molar-refractivity contribution is 5.97. The van der Waals surface area contributed by atoms with E-state index >= 15 is 0 Å². The Hall–Kier alpha value is -1.75. The zero-order chi connectivity index (χ0) is 15.3. The van der Waals surface area contributed by atoms with Gasteiger partial charge in [0.25, 0.3) is 5.91 Å². The highest BCUT2D eigenvalue weighted by Gasteiger charge is 2.24. The second-order valence-electron chi connectivity index (χ2n) is 5.13. The largest absolute Gasteiger partial charge is 0.507 e. The van der Waals surface area contributed by atoms with Crippen LogP contribution in [0.15, 0.2) is 18.2 Å². The minimum atomic E-state index is -0.213. The Morgan fingerprint density at radius 1 is 1.25 bits per heavy atom. The van der Waals surface area contributed by atoms with Crippen molar-refractivity contribution in [3.63, 3.8) is 0 Å². The standard InChI is InChI=1S/C15H23NO4/c1-10(2)16(11(3)4)15(18)13-8-12(20-9-19-5)6-7-14(13)17/h6-8,10-11,17H,9H2,1-5H3. The molecule has 1 rings (SSSR count). The Balaban J connectivity index is 3.07. The first kappa shape index (κ1) is 16.3. The number of aromatic hydroxyl groups is 1. The first-order valence-corrected chi connectivity index (χ1v) is 6.65. The molecule has 1 aromatic carbocycles. The quantitative estimate of drug-likeness (QED) is 0.814. The van der Waals surface area contributed by atoms with Gasteiger partial charge < -0.3 is 19.5 Å². The van der Waals surface area contributed by atoms with Gasteiger partial charge in [-0.05, 0) is 45.9 Å². The summed E-state index contributed by atoms with van der Waals surface area (Å²) in [5.74, 6) is 0.224. The fourth-order valence-electron chi connectivity index (χ4n) is 2.11. The van der Waals surface area contributed by atoms with E-state index in [1.807, 2.05) is 27.7 Å². The van der Waals surface area contributed by atoms with Crippen LogP contribution in [0.2, 0.25) is 0 Å². The molecule has 0 aliphatic rings. The molecule has 5 heteroatoms. The van der Waals surface area contributed by atoms with E-state index < -0.39 is 0 Å². The second-order valence-corrected chi connectivity index (χ2v) is 5.13. The van der Waals surface area contributed by atoms with E-state index in [-0.39, 0.29) is 36.1 Å². The molecule has 1 aromatic rings. The number of benzene rings is 1. The summed E-state index contributed by atoms with van der Waals surface area (Å²) in [5, 5.41) is 9.91. The molecule has 0 unspecified atom stereocenters. The topological polar surface area (TPSA) is 59.0 Å². The number of phenolic OH excluding ortho intramolecular Hbond substituents is 1. The van der Waals surface area contributed by atoms with Crippen LogP contribution in [-0.2, 0) is 4.74 Å². The number of phenols is 1. The number of amides is 1. The van der Waals surface area contributed by atoms with Crippen LogP contribution in [0.3, 0.4) is 0 Å². The van der Waals surface area contributed by atoms with E-state index in [2.05, 4.69) is 0 Å². The number of carbonyl (C=O) groups is 1. The SMILES string of the molecule is COCOc1ccc(O)c(C(=O)N(C(C)C)C(C)C)c1. The maximum Gasteiger partial charge on any atom is 0.258 e. The molecular formula is C15H23NO4. The fourth-order valence-corrected chi connectivity index (χ4v) is 2.11. The van der Waals surface area contributed by atoms with Crippen molar-refractivity contribution in [2.45, 2.75) is 39.8 Å². The molecule has 0 aliphatic carbocycles. The first-order valence-electron chi connectivity index (χ1n) is 6.65. The minimum Gasteiger partial charge on any atom is -0.507 e. The van der Waals surface area contributed by atoms with Crippen LogP contribution >= 0.6 is 0 Å². The van der Waals surface area contributed by atoms with E-state index in [0.29, 0.717) is 5.75 Å². The van der Waals surface area contributed by atoms with E-state index in [0.717, 1.165) is 0 Å². The Morgan fingerprint density at radius 2 is 1.85 bits per heavy atom. The molecule has 0 spiro atoms. The molecule has 20 heavy (non-hydrogen) atoms. The van der Waals surface area contributed by atoms with Crippen molar-refractivity contribution >= 4 is 5.91 Å². The minimum absolute atomic E-state index is 0.0467. The number of rotatable bonds is 6. The van der Waals surface area contributed by atoms with Crippen molar-refractivity contribution in [1.82, 2.24) is 4.90 Å². The molecule has 1 N–H and O–H groups in total. The average molecular weight is 281 g/mol. The zero-order valence-electron chi connectivity index (χ0n) is 12.7. The van der Waals surface area contributed by atoms with E-state index in [1.54, 1.807) is 11.0 Å². The summed E-state index contributed by atoms with van der Waals surface area (Å²) in [6, 6.07) is 4.68. The van der Waals surface area contributed by atoms with Gasteiger partial charge in [0.1, 0.15) is 11.5 Å². The van der Waals surface area contributed by atoms with Crippen molar-refractivity contribution in [2.75, 3.05) is 13.9 Å². The molecule has 0 aliphatic heterocycles. The summed E-state index contributed by atoms with van der Waals surface area (Å²) in [4.78, 5) is 14.3. The van der Waals surface area contributed by atoms with Gasteiger partial charge in [-0.1, -0.05) is 0 Å². The molecule has 112 valence electrons. The van der Waals surface area contributed by atoms with Gasteiger partial charge in [0, 0.05) is 19.2 Å². The zero-order valence-corrected chi connectivity index (χ0v) is 12.7. The summed E-state index contributed by atoms with van der Waals surface area (Å²) < 4.78 is 10.1. The lowest BCUT2D eigenvalue weighted by Crippen LogP contribution is -2.42. The van der Waals surface area contributed by atoms with Gasteiger partial charge in [-0.25, -0.2) is 0 Å². The van der Waals surface area contributed by atoms with Gasteiger partial charge in [-0.15, -0.1) is 0 Å². The maximum absolute atomic E-state index is 12.6. The molecular weight excluding hydrogens is 258 g/mol. The van der Waals surface area contributed by atoms with Crippen molar-refractivity contribution in [3.05, 3.63) is 23.8 Å². The summed E-state index contributed by atoms with van der Waals surface area (Å²) in [5.41, 5.74) is 0.237. The summed E-state index contributed by atoms with van der Waals surface area (Å²) >= 11 is 0. The Labute approximate surface area is 120 Å². The highest BCUT2D eigenvalue weighted by Crippen LogP contribution is 2.26. The molecule has 0 radical (unpaired) electrons. The van der Waals surface area contributed by atoms with Gasteiger partial charge in [0.2, 0.25) is 0 Å². The lowest BCUT2D eigenvalue weighted by Gasteiger charge is -2.31. The monoisotopic (exact) mass is 281 g/mol. The number of ether oxygens (including phenoxy) is 2. The number of hydrogen-bond acceptors (Lipinski definition) is 4. The molecule has 0 aromatic heterocycles. The third-order valence-corrected chi connectivity index (χ3v) is 2.89. The molecule has 0 fully saturated rings. The predicted octanol–water partition coefficient (Wildman–Crippen LogP) is 2.63. The Kier molecular flexibility index (Phi) is 5.82.